The van der Waals surface area contributed by atoms with Crippen LogP contribution in [0, 0.1) is 5.92 Å². The summed E-state index contributed by atoms with van der Waals surface area (Å²) in [5, 5.41) is 3.13. The molecule has 0 amide bonds. The Morgan fingerprint density at radius 2 is 2.28 bits per heavy atom. The summed E-state index contributed by atoms with van der Waals surface area (Å²) in [5.74, 6) is 1.09. The predicted molar refractivity (Wildman–Crippen MR) is 73.7 cm³/mol. The highest BCUT2D eigenvalue weighted by atomic mass is 16.5. The highest BCUT2D eigenvalue weighted by Crippen LogP contribution is 2.12. The van der Waals surface area contributed by atoms with Crippen LogP contribution >= 0.6 is 0 Å². The van der Waals surface area contributed by atoms with Crippen LogP contribution in [-0.4, -0.2) is 44.5 Å². The number of nitrogens with two attached hydrogens (primary N) is 1. The number of rotatable bonds is 6. The molecule has 1 rings (SSSR count). The Hall–Kier alpha value is -0.810. The third kappa shape index (κ3) is 7.50. The van der Waals surface area contributed by atoms with Crippen molar-refractivity contribution < 1.29 is 9.47 Å². The summed E-state index contributed by atoms with van der Waals surface area (Å²) in [6.07, 6.45) is 2.03. The van der Waals surface area contributed by atoms with E-state index in [1.165, 1.54) is 0 Å². The molecule has 18 heavy (non-hydrogen) atoms. The average Bonchev–Trinajstić information content (AvgIpc) is 2.73. The van der Waals surface area contributed by atoms with Crippen LogP contribution < -0.4 is 11.1 Å². The molecule has 1 aliphatic heterocycles. The number of hydrogen-bond acceptors (Lipinski definition) is 3. The Labute approximate surface area is 110 Å². The van der Waals surface area contributed by atoms with Crippen molar-refractivity contribution in [3.63, 3.8) is 0 Å². The molecule has 0 bridgehead atoms. The molecule has 1 heterocycles. The molecular formula is C13H27N3O2. The highest BCUT2D eigenvalue weighted by molar-refractivity contribution is 5.78. The van der Waals surface area contributed by atoms with Crippen LogP contribution in [0.1, 0.15) is 33.6 Å². The van der Waals surface area contributed by atoms with Gasteiger partial charge in [-0.1, -0.05) is 0 Å². The van der Waals surface area contributed by atoms with E-state index >= 15 is 0 Å². The summed E-state index contributed by atoms with van der Waals surface area (Å²) in [4.78, 5) is 4.26. The minimum Gasteiger partial charge on any atom is -0.381 e. The van der Waals surface area contributed by atoms with Gasteiger partial charge >= 0.3 is 0 Å². The number of aliphatic imine (C=N–C) groups is 1. The molecule has 0 radical (unpaired) electrons. The average molecular weight is 257 g/mol. The van der Waals surface area contributed by atoms with E-state index in [1.54, 1.807) is 0 Å². The smallest absolute Gasteiger partial charge is 0.188 e. The molecule has 0 aromatic rings. The van der Waals surface area contributed by atoms with Gasteiger partial charge in [-0.3, -0.25) is 4.99 Å². The molecule has 1 unspecified atom stereocenters. The van der Waals surface area contributed by atoms with E-state index in [0.29, 0.717) is 18.4 Å². The molecule has 0 spiro atoms. The summed E-state index contributed by atoms with van der Waals surface area (Å²) in [7, 11) is 0. The van der Waals surface area contributed by atoms with Gasteiger partial charge in [0.05, 0.1) is 13.2 Å². The van der Waals surface area contributed by atoms with Gasteiger partial charge in [0.15, 0.2) is 5.96 Å². The van der Waals surface area contributed by atoms with Crippen molar-refractivity contribution in [2.24, 2.45) is 16.6 Å². The Balaban J connectivity index is 1.98. The molecule has 1 saturated heterocycles. The zero-order chi connectivity index (χ0) is 13.4. The molecule has 1 atom stereocenters. The van der Waals surface area contributed by atoms with Crippen LogP contribution in [0.15, 0.2) is 4.99 Å². The van der Waals surface area contributed by atoms with Crippen LogP contribution in [0.3, 0.4) is 0 Å². The first-order chi connectivity index (χ1) is 8.47. The Morgan fingerprint density at radius 3 is 2.89 bits per heavy atom. The number of nitrogens with one attached hydrogen (secondary N) is 1. The maximum Gasteiger partial charge on any atom is 0.188 e. The summed E-state index contributed by atoms with van der Waals surface area (Å²) in [6, 6.07) is 0. The van der Waals surface area contributed by atoms with Crippen molar-refractivity contribution in [2.45, 2.75) is 39.2 Å². The van der Waals surface area contributed by atoms with Crippen LogP contribution in [0.5, 0.6) is 0 Å². The Kier molecular flexibility index (Phi) is 6.43. The number of guanidine groups is 1. The molecular weight excluding hydrogens is 230 g/mol. The van der Waals surface area contributed by atoms with E-state index in [-0.39, 0.29) is 5.54 Å². The third-order valence-corrected chi connectivity index (χ3v) is 2.61. The van der Waals surface area contributed by atoms with Gasteiger partial charge in [-0.15, -0.1) is 0 Å². The molecule has 1 aliphatic rings. The SMILES string of the molecule is CC(C)(C)NC(N)=NCCCOCC1CCOC1. The van der Waals surface area contributed by atoms with E-state index in [9.17, 15) is 0 Å². The lowest BCUT2D eigenvalue weighted by atomic mass is 10.1. The second-order valence-corrected chi connectivity index (χ2v) is 5.80. The maximum absolute atomic E-state index is 5.76. The topological polar surface area (TPSA) is 68.9 Å². The first kappa shape index (κ1) is 15.2. The first-order valence-corrected chi connectivity index (χ1v) is 6.71. The van der Waals surface area contributed by atoms with Crippen LogP contribution in [0.2, 0.25) is 0 Å². The van der Waals surface area contributed by atoms with Gasteiger partial charge < -0.3 is 20.5 Å². The minimum atomic E-state index is -0.0352. The van der Waals surface area contributed by atoms with Crippen molar-refractivity contribution in [3.05, 3.63) is 0 Å². The molecule has 3 N–H and O–H groups in total. The monoisotopic (exact) mass is 257 g/mol. The molecule has 0 aromatic heterocycles. The summed E-state index contributed by atoms with van der Waals surface area (Å²) in [5.41, 5.74) is 5.72. The zero-order valence-electron chi connectivity index (χ0n) is 11.9. The quantitative estimate of drug-likeness (QED) is 0.425. The van der Waals surface area contributed by atoms with Gasteiger partial charge in [-0.2, -0.15) is 0 Å². The molecule has 5 nitrogen and oxygen atoms in total. The molecule has 106 valence electrons. The zero-order valence-corrected chi connectivity index (χ0v) is 11.9. The lowest BCUT2D eigenvalue weighted by Crippen LogP contribution is -2.45. The van der Waals surface area contributed by atoms with E-state index in [1.807, 2.05) is 0 Å². The number of nitrogens with zero attached hydrogens (tertiary/aromatic N) is 1. The minimum absolute atomic E-state index is 0.0352. The molecule has 0 aliphatic carbocycles. The van der Waals surface area contributed by atoms with E-state index in [4.69, 9.17) is 15.2 Å². The molecule has 0 saturated carbocycles. The van der Waals surface area contributed by atoms with Crippen LogP contribution in [0.25, 0.3) is 0 Å². The fourth-order valence-electron chi connectivity index (χ4n) is 1.75. The van der Waals surface area contributed by atoms with E-state index in [0.717, 1.165) is 39.3 Å². The van der Waals surface area contributed by atoms with Crippen molar-refractivity contribution in [1.29, 1.82) is 0 Å². The number of hydrogen-bond donors (Lipinski definition) is 2. The Bertz CT molecular complexity index is 255. The molecule has 0 aromatic carbocycles. The van der Waals surface area contributed by atoms with Crippen molar-refractivity contribution in [1.82, 2.24) is 5.32 Å². The largest absolute Gasteiger partial charge is 0.381 e. The highest BCUT2D eigenvalue weighted by Gasteiger charge is 2.15. The number of ether oxygens (including phenoxy) is 2. The standard InChI is InChI=1S/C13H27N3O2/c1-13(2,3)16-12(14)15-6-4-7-17-9-11-5-8-18-10-11/h11H,4-10H2,1-3H3,(H3,14,15,16). The van der Waals surface area contributed by atoms with Crippen molar-refractivity contribution >= 4 is 5.96 Å². The molecule has 5 heteroatoms. The van der Waals surface area contributed by atoms with Gasteiger partial charge in [-0.05, 0) is 33.6 Å². The van der Waals surface area contributed by atoms with E-state index in [2.05, 4.69) is 31.1 Å². The second kappa shape index (κ2) is 7.59. The lowest BCUT2D eigenvalue weighted by molar-refractivity contribution is 0.0893. The van der Waals surface area contributed by atoms with Gasteiger partial charge in [0, 0.05) is 31.2 Å². The van der Waals surface area contributed by atoms with Gasteiger partial charge in [0.1, 0.15) is 0 Å². The van der Waals surface area contributed by atoms with Crippen LogP contribution in [-0.2, 0) is 9.47 Å². The van der Waals surface area contributed by atoms with Crippen LogP contribution in [0.4, 0.5) is 0 Å². The first-order valence-electron chi connectivity index (χ1n) is 6.71. The van der Waals surface area contributed by atoms with Crippen molar-refractivity contribution in [3.8, 4) is 0 Å². The maximum atomic E-state index is 5.76. The fourth-order valence-corrected chi connectivity index (χ4v) is 1.75. The van der Waals surface area contributed by atoms with E-state index < -0.39 is 0 Å². The fraction of sp³-hybridized carbons (Fsp3) is 0.923. The van der Waals surface area contributed by atoms with Crippen molar-refractivity contribution in [2.75, 3.05) is 33.0 Å². The van der Waals surface area contributed by atoms with Gasteiger partial charge in [0.25, 0.3) is 0 Å². The summed E-state index contributed by atoms with van der Waals surface area (Å²) in [6.45, 7) is 10.2. The second-order valence-electron chi connectivity index (χ2n) is 5.80. The van der Waals surface area contributed by atoms with Gasteiger partial charge in [-0.25, -0.2) is 0 Å². The third-order valence-electron chi connectivity index (χ3n) is 2.61. The summed E-state index contributed by atoms with van der Waals surface area (Å²) >= 11 is 0. The normalized spacial score (nSPS) is 21.3. The lowest BCUT2D eigenvalue weighted by Gasteiger charge is -2.20. The Morgan fingerprint density at radius 1 is 1.50 bits per heavy atom. The predicted octanol–water partition coefficient (Wildman–Crippen LogP) is 1.13. The summed E-state index contributed by atoms with van der Waals surface area (Å²) < 4.78 is 10.9. The van der Waals surface area contributed by atoms with Gasteiger partial charge in [0.2, 0.25) is 0 Å². The molecule has 1 fully saturated rings.